The van der Waals surface area contributed by atoms with Gasteiger partial charge in [-0.25, -0.2) is 4.98 Å². The Labute approximate surface area is 110 Å². The van der Waals surface area contributed by atoms with Crippen LogP contribution in [0.25, 0.3) is 11.0 Å². The van der Waals surface area contributed by atoms with E-state index in [1.807, 2.05) is 26.0 Å². The zero-order valence-corrected chi connectivity index (χ0v) is 10.7. The fraction of sp³-hybridized carbons (Fsp3) is 0.214. The van der Waals surface area contributed by atoms with Gasteiger partial charge in [0.15, 0.2) is 0 Å². The van der Waals surface area contributed by atoms with Crippen molar-refractivity contribution in [3.63, 3.8) is 0 Å². The standard InChI is InChI=1S/C14H14N2O3/c1-9(2)14-15-10-5-3-4-6-11(10)16(14)12(17)7-8-13(18)19/h3-9H,1-2H3,(H,18,19)/p-1. The predicted molar refractivity (Wildman–Crippen MR) is 68.6 cm³/mol. The second-order valence-corrected chi connectivity index (χ2v) is 4.44. The van der Waals surface area contributed by atoms with E-state index >= 15 is 0 Å². The summed E-state index contributed by atoms with van der Waals surface area (Å²) in [6.07, 6.45) is 1.70. The number of aromatic nitrogens is 2. The minimum atomic E-state index is -1.40. The van der Waals surface area contributed by atoms with E-state index in [1.165, 1.54) is 4.57 Å². The third-order valence-corrected chi connectivity index (χ3v) is 2.69. The number of hydrogen-bond acceptors (Lipinski definition) is 4. The number of para-hydroxylation sites is 2. The van der Waals surface area contributed by atoms with Crippen molar-refractivity contribution >= 4 is 22.9 Å². The minimum absolute atomic E-state index is 0.0488. The molecule has 0 saturated carbocycles. The monoisotopic (exact) mass is 257 g/mol. The molecule has 0 amide bonds. The molecule has 0 unspecified atom stereocenters. The molecule has 2 rings (SSSR count). The van der Waals surface area contributed by atoms with Crippen molar-refractivity contribution in [2.45, 2.75) is 19.8 Å². The molecule has 0 aliphatic heterocycles. The number of carboxylic acid groups (broad SMARTS) is 1. The lowest BCUT2D eigenvalue weighted by atomic mass is 10.2. The highest BCUT2D eigenvalue weighted by atomic mass is 16.4. The summed E-state index contributed by atoms with van der Waals surface area (Å²) in [5, 5.41) is 10.4. The highest BCUT2D eigenvalue weighted by Gasteiger charge is 2.16. The summed E-state index contributed by atoms with van der Waals surface area (Å²) >= 11 is 0. The fourth-order valence-corrected chi connectivity index (χ4v) is 1.88. The lowest BCUT2D eigenvalue weighted by molar-refractivity contribution is -0.297. The van der Waals surface area contributed by atoms with Crippen LogP contribution >= 0.6 is 0 Å². The van der Waals surface area contributed by atoms with Crippen LogP contribution in [0.15, 0.2) is 36.4 Å². The first kappa shape index (κ1) is 13.0. The van der Waals surface area contributed by atoms with Crippen LogP contribution in [-0.2, 0) is 4.79 Å². The van der Waals surface area contributed by atoms with Gasteiger partial charge in [0.25, 0.3) is 5.91 Å². The van der Waals surface area contributed by atoms with Crippen molar-refractivity contribution in [3.8, 4) is 0 Å². The number of hydrogen-bond donors (Lipinski definition) is 0. The molecule has 0 bridgehead atoms. The fourth-order valence-electron chi connectivity index (χ4n) is 1.88. The van der Waals surface area contributed by atoms with Crippen molar-refractivity contribution in [1.29, 1.82) is 0 Å². The zero-order valence-electron chi connectivity index (χ0n) is 10.7. The van der Waals surface area contributed by atoms with Crippen molar-refractivity contribution < 1.29 is 14.7 Å². The van der Waals surface area contributed by atoms with Gasteiger partial charge in [0.05, 0.1) is 17.0 Å². The average molecular weight is 257 g/mol. The maximum absolute atomic E-state index is 12.1. The normalized spacial score (nSPS) is 11.5. The number of benzene rings is 1. The predicted octanol–water partition coefficient (Wildman–Crippen LogP) is 1.11. The van der Waals surface area contributed by atoms with E-state index in [9.17, 15) is 14.7 Å². The molecule has 1 heterocycles. The second-order valence-electron chi connectivity index (χ2n) is 4.44. The van der Waals surface area contributed by atoms with E-state index in [-0.39, 0.29) is 5.92 Å². The van der Waals surface area contributed by atoms with Crippen molar-refractivity contribution in [2.24, 2.45) is 0 Å². The van der Waals surface area contributed by atoms with Gasteiger partial charge in [-0.05, 0) is 18.2 Å². The van der Waals surface area contributed by atoms with Crippen LogP contribution in [0.2, 0.25) is 0 Å². The summed E-state index contributed by atoms with van der Waals surface area (Å²) in [6, 6.07) is 7.23. The van der Waals surface area contributed by atoms with Crippen LogP contribution < -0.4 is 5.11 Å². The van der Waals surface area contributed by atoms with Gasteiger partial charge in [-0.1, -0.05) is 26.0 Å². The molecule has 0 N–H and O–H groups in total. The first-order valence-electron chi connectivity index (χ1n) is 5.91. The number of nitrogens with zero attached hydrogens (tertiary/aromatic N) is 2. The highest BCUT2D eigenvalue weighted by molar-refractivity contribution is 6.00. The lowest BCUT2D eigenvalue weighted by Gasteiger charge is -2.07. The number of fused-ring (bicyclic) bond motifs is 1. The van der Waals surface area contributed by atoms with Crippen LogP contribution in [0, 0.1) is 0 Å². The molecule has 1 aromatic carbocycles. The van der Waals surface area contributed by atoms with Gasteiger partial charge in [-0.3, -0.25) is 9.36 Å². The number of rotatable bonds is 3. The Balaban J connectivity index is 2.59. The molecule has 0 spiro atoms. The minimum Gasteiger partial charge on any atom is -0.545 e. The molecule has 5 heteroatoms. The van der Waals surface area contributed by atoms with E-state index in [4.69, 9.17) is 0 Å². The van der Waals surface area contributed by atoms with Crippen LogP contribution in [0.4, 0.5) is 0 Å². The zero-order chi connectivity index (χ0) is 14.0. The summed E-state index contributed by atoms with van der Waals surface area (Å²) in [4.78, 5) is 26.9. The van der Waals surface area contributed by atoms with Gasteiger partial charge in [-0.2, -0.15) is 0 Å². The molecule has 2 aromatic rings. The van der Waals surface area contributed by atoms with Crippen molar-refractivity contribution in [2.75, 3.05) is 0 Å². The molecular formula is C14H13N2O3-. The number of carbonyl (C=O) groups is 2. The van der Waals surface area contributed by atoms with Gasteiger partial charge in [0.2, 0.25) is 0 Å². The highest BCUT2D eigenvalue weighted by Crippen LogP contribution is 2.21. The molecule has 19 heavy (non-hydrogen) atoms. The van der Waals surface area contributed by atoms with E-state index in [1.54, 1.807) is 12.1 Å². The molecule has 98 valence electrons. The van der Waals surface area contributed by atoms with E-state index < -0.39 is 11.9 Å². The number of imidazole rings is 1. The summed E-state index contributed by atoms with van der Waals surface area (Å²) in [6.45, 7) is 3.85. The van der Waals surface area contributed by atoms with E-state index in [0.29, 0.717) is 16.9 Å². The van der Waals surface area contributed by atoms with Gasteiger partial charge < -0.3 is 9.90 Å². The van der Waals surface area contributed by atoms with Gasteiger partial charge in [-0.15, -0.1) is 0 Å². The molecule has 0 aliphatic carbocycles. The Hall–Kier alpha value is -2.43. The van der Waals surface area contributed by atoms with Gasteiger partial charge >= 0.3 is 0 Å². The average Bonchev–Trinajstić information content (AvgIpc) is 2.75. The summed E-state index contributed by atoms with van der Waals surface area (Å²) < 4.78 is 1.43. The molecule has 0 aliphatic rings. The topological polar surface area (TPSA) is 75.0 Å². The number of carbonyl (C=O) groups excluding carboxylic acids is 2. The van der Waals surface area contributed by atoms with Gasteiger partial charge in [0, 0.05) is 12.0 Å². The maximum Gasteiger partial charge on any atom is 0.256 e. The quantitative estimate of drug-likeness (QED) is 0.772. The molecular weight excluding hydrogens is 244 g/mol. The van der Waals surface area contributed by atoms with Gasteiger partial charge in [0.1, 0.15) is 5.82 Å². The number of carboxylic acids is 1. The maximum atomic E-state index is 12.1. The van der Waals surface area contributed by atoms with Crippen LogP contribution in [0.5, 0.6) is 0 Å². The van der Waals surface area contributed by atoms with E-state index in [0.717, 1.165) is 12.2 Å². The second kappa shape index (κ2) is 5.06. The van der Waals surface area contributed by atoms with Crippen molar-refractivity contribution in [3.05, 3.63) is 42.2 Å². The molecule has 0 atom stereocenters. The largest absolute Gasteiger partial charge is 0.545 e. The van der Waals surface area contributed by atoms with E-state index in [2.05, 4.69) is 4.98 Å². The third kappa shape index (κ3) is 2.54. The smallest absolute Gasteiger partial charge is 0.256 e. The summed E-state index contributed by atoms with van der Waals surface area (Å²) in [5.74, 6) is -1.19. The first-order chi connectivity index (χ1) is 9.00. The third-order valence-electron chi connectivity index (χ3n) is 2.69. The number of allylic oxidation sites excluding steroid dienone is 1. The Morgan fingerprint density at radius 3 is 2.58 bits per heavy atom. The molecule has 1 aromatic heterocycles. The Bertz CT molecular complexity index is 668. The van der Waals surface area contributed by atoms with Crippen LogP contribution in [0.1, 0.15) is 30.4 Å². The molecule has 0 radical (unpaired) electrons. The first-order valence-corrected chi connectivity index (χ1v) is 5.91. The summed E-state index contributed by atoms with van der Waals surface area (Å²) in [5.41, 5.74) is 1.38. The molecule has 0 fully saturated rings. The van der Waals surface area contributed by atoms with Crippen LogP contribution in [0.3, 0.4) is 0 Å². The van der Waals surface area contributed by atoms with Crippen LogP contribution in [-0.4, -0.2) is 21.4 Å². The molecule has 0 saturated heterocycles. The number of aliphatic carboxylic acids is 1. The Morgan fingerprint density at radius 2 is 1.95 bits per heavy atom. The Morgan fingerprint density at radius 1 is 1.26 bits per heavy atom. The summed E-state index contributed by atoms with van der Waals surface area (Å²) in [7, 11) is 0. The lowest BCUT2D eigenvalue weighted by Crippen LogP contribution is -2.20. The molecule has 5 nitrogen and oxygen atoms in total. The van der Waals surface area contributed by atoms with Crippen molar-refractivity contribution in [1.82, 2.24) is 9.55 Å². The Kier molecular flexibility index (Phi) is 3.46. The SMILES string of the molecule is CC(C)c1nc2ccccc2n1C(=O)C=CC(=O)[O-].